The predicted octanol–water partition coefficient (Wildman–Crippen LogP) is 2.37. The van der Waals surface area contributed by atoms with Gasteiger partial charge in [-0.05, 0) is 45.9 Å². The van der Waals surface area contributed by atoms with Gasteiger partial charge in [-0.2, -0.15) is 0 Å². The van der Waals surface area contributed by atoms with Crippen molar-refractivity contribution in [2.24, 2.45) is 0 Å². The molecular weight excluding hydrogens is 228 g/mol. The fraction of sp³-hybridized carbons (Fsp3) is 0.500. The molecule has 2 rings (SSSR count). The number of benzene rings is 1. The Bertz CT molecular complexity index is 575. The van der Waals surface area contributed by atoms with Crippen molar-refractivity contribution in [2.45, 2.75) is 39.3 Å². The lowest BCUT2D eigenvalue weighted by Crippen LogP contribution is -2.36. The van der Waals surface area contributed by atoms with Crippen LogP contribution in [-0.2, 0) is 6.54 Å². The molecule has 0 unspecified atom stereocenters. The third-order valence-corrected chi connectivity index (χ3v) is 2.79. The van der Waals surface area contributed by atoms with Gasteiger partial charge in [0.25, 0.3) is 0 Å². The number of aryl methyl sites for hydroxylation is 1. The Morgan fingerprint density at radius 1 is 1.28 bits per heavy atom. The van der Waals surface area contributed by atoms with Crippen molar-refractivity contribution in [1.29, 1.82) is 0 Å². The van der Waals surface area contributed by atoms with Crippen molar-refractivity contribution in [3.8, 4) is 0 Å². The van der Waals surface area contributed by atoms with Gasteiger partial charge in [-0.3, -0.25) is 4.57 Å². The summed E-state index contributed by atoms with van der Waals surface area (Å²) in [5, 5.41) is 3.41. The van der Waals surface area contributed by atoms with E-state index in [0.717, 1.165) is 18.5 Å². The first-order valence-corrected chi connectivity index (χ1v) is 6.31. The van der Waals surface area contributed by atoms with E-state index in [4.69, 9.17) is 4.42 Å². The Morgan fingerprint density at radius 3 is 2.72 bits per heavy atom. The predicted molar refractivity (Wildman–Crippen MR) is 72.8 cm³/mol. The van der Waals surface area contributed by atoms with Crippen molar-refractivity contribution >= 4 is 11.1 Å². The number of hydrogen-bond acceptors (Lipinski definition) is 3. The number of oxazole rings is 1. The van der Waals surface area contributed by atoms with Crippen LogP contribution in [0.5, 0.6) is 0 Å². The van der Waals surface area contributed by atoms with Crippen LogP contribution in [0.1, 0.15) is 27.2 Å². The molecule has 2 aromatic rings. The van der Waals surface area contributed by atoms with Gasteiger partial charge in [-0.25, -0.2) is 4.79 Å². The monoisotopic (exact) mass is 248 g/mol. The van der Waals surface area contributed by atoms with Crippen LogP contribution in [0.25, 0.3) is 11.1 Å². The third kappa shape index (κ3) is 3.01. The van der Waals surface area contributed by atoms with E-state index in [-0.39, 0.29) is 11.3 Å². The van der Waals surface area contributed by atoms with Crippen LogP contribution in [0, 0.1) is 0 Å². The Labute approximate surface area is 107 Å². The van der Waals surface area contributed by atoms with E-state index in [2.05, 4.69) is 26.1 Å². The third-order valence-electron chi connectivity index (χ3n) is 2.79. The Morgan fingerprint density at radius 2 is 2.00 bits per heavy atom. The molecule has 0 atom stereocenters. The average molecular weight is 248 g/mol. The Balaban J connectivity index is 2.04. The number of nitrogens with zero attached hydrogens (tertiary/aromatic N) is 1. The van der Waals surface area contributed by atoms with Crippen molar-refractivity contribution in [3.05, 3.63) is 34.8 Å². The van der Waals surface area contributed by atoms with Gasteiger partial charge < -0.3 is 9.73 Å². The summed E-state index contributed by atoms with van der Waals surface area (Å²) in [6.45, 7) is 7.96. The summed E-state index contributed by atoms with van der Waals surface area (Å²) in [5.74, 6) is -0.271. The summed E-state index contributed by atoms with van der Waals surface area (Å²) < 4.78 is 6.88. The molecule has 0 saturated carbocycles. The van der Waals surface area contributed by atoms with Gasteiger partial charge in [0.15, 0.2) is 5.58 Å². The highest BCUT2D eigenvalue weighted by molar-refractivity contribution is 5.72. The van der Waals surface area contributed by atoms with Crippen LogP contribution >= 0.6 is 0 Å². The maximum atomic E-state index is 11.7. The zero-order valence-electron chi connectivity index (χ0n) is 11.2. The fourth-order valence-electron chi connectivity index (χ4n) is 1.93. The standard InChI is InChI=1S/C14H20N2O2/c1-14(2,3)15-9-6-10-16-11-7-4-5-8-12(11)18-13(16)17/h4-5,7-8,15H,6,9-10H2,1-3H3. The summed E-state index contributed by atoms with van der Waals surface area (Å²) in [4.78, 5) is 11.7. The molecule has 0 spiro atoms. The van der Waals surface area contributed by atoms with Crippen LogP contribution < -0.4 is 11.1 Å². The van der Waals surface area contributed by atoms with E-state index < -0.39 is 0 Å². The summed E-state index contributed by atoms with van der Waals surface area (Å²) in [7, 11) is 0. The van der Waals surface area contributed by atoms with Crippen LogP contribution in [0.15, 0.2) is 33.5 Å². The molecule has 18 heavy (non-hydrogen) atoms. The molecule has 0 aliphatic heterocycles. The quantitative estimate of drug-likeness (QED) is 0.845. The van der Waals surface area contributed by atoms with Crippen LogP contribution in [-0.4, -0.2) is 16.7 Å². The topological polar surface area (TPSA) is 47.2 Å². The molecule has 1 N–H and O–H groups in total. The number of para-hydroxylation sites is 2. The summed E-state index contributed by atoms with van der Waals surface area (Å²) in [5.41, 5.74) is 1.65. The molecule has 1 heterocycles. The molecule has 0 saturated heterocycles. The second-order valence-electron chi connectivity index (χ2n) is 5.52. The van der Waals surface area contributed by atoms with E-state index in [1.807, 2.05) is 24.3 Å². The van der Waals surface area contributed by atoms with Crippen molar-refractivity contribution in [3.63, 3.8) is 0 Å². The first-order chi connectivity index (χ1) is 8.47. The van der Waals surface area contributed by atoms with E-state index in [1.54, 1.807) is 4.57 Å². The molecule has 0 amide bonds. The first kappa shape index (κ1) is 12.9. The van der Waals surface area contributed by atoms with Gasteiger partial charge in [0.05, 0.1) is 5.52 Å². The number of rotatable bonds is 4. The minimum absolute atomic E-state index is 0.115. The molecular formula is C14H20N2O2. The number of hydrogen-bond donors (Lipinski definition) is 1. The van der Waals surface area contributed by atoms with Gasteiger partial charge in [0, 0.05) is 12.1 Å². The highest BCUT2D eigenvalue weighted by Crippen LogP contribution is 2.11. The van der Waals surface area contributed by atoms with E-state index in [1.165, 1.54) is 0 Å². The molecule has 0 fully saturated rings. The van der Waals surface area contributed by atoms with Gasteiger partial charge >= 0.3 is 5.76 Å². The van der Waals surface area contributed by atoms with E-state index >= 15 is 0 Å². The average Bonchev–Trinajstić information content (AvgIpc) is 2.59. The number of aromatic nitrogens is 1. The molecule has 4 heteroatoms. The highest BCUT2D eigenvalue weighted by atomic mass is 16.4. The fourth-order valence-corrected chi connectivity index (χ4v) is 1.93. The van der Waals surface area contributed by atoms with Crippen molar-refractivity contribution < 1.29 is 4.42 Å². The smallest absolute Gasteiger partial charge is 0.408 e. The minimum Gasteiger partial charge on any atom is -0.408 e. The maximum Gasteiger partial charge on any atom is 0.419 e. The number of nitrogens with one attached hydrogen (secondary N) is 1. The van der Waals surface area contributed by atoms with Crippen molar-refractivity contribution in [1.82, 2.24) is 9.88 Å². The van der Waals surface area contributed by atoms with Gasteiger partial charge in [0.1, 0.15) is 0 Å². The normalized spacial score (nSPS) is 12.2. The molecule has 0 aliphatic rings. The molecule has 1 aromatic heterocycles. The van der Waals surface area contributed by atoms with E-state index in [0.29, 0.717) is 12.1 Å². The van der Waals surface area contributed by atoms with Gasteiger partial charge in [-0.1, -0.05) is 12.1 Å². The molecule has 0 aliphatic carbocycles. The molecule has 98 valence electrons. The highest BCUT2D eigenvalue weighted by Gasteiger charge is 2.10. The minimum atomic E-state index is -0.271. The Kier molecular flexibility index (Phi) is 3.57. The molecule has 0 bridgehead atoms. The molecule has 1 aromatic carbocycles. The first-order valence-electron chi connectivity index (χ1n) is 6.31. The Hall–Kier alpha value is -1.55. The summed E-state index contributed by atoms with van der Waals surface area (Å²) in [6.07, 6.45) is 0.903. The van der Waals surface area contributed by atoms with Crippen LogP contribution in [0.4, 0.5) is 0 Å². The molecule has 0 radical (unpaired) electrons. The second kappa shape index (κ2) is 4.98. The lowest BCUT2D eigenvalue weighted by atomic mass is 10.1. The summed E-state index contributed by atoms with van der Waals surface area (Å²) in [6, 6.07) is 7.52. The zero-order valence-corrected chi connectivity index (χ0v) is 11.2. The maximum absolute atomic E-state index is 11.7. The lowest BCUT2D eigenvalue weighted by Gasteiger charge is -2.20. The van der Waals surface area contributed by atoms with Crippen LogP contribution in [0.2, 0.25) is 0 Å². The largest absolute Gasteiger partial charge is 0.419 e. The van der Waals surface area contributed by atoms with E-state index in [9.17, 15) is 4.79 Å². The zero-order chi connectivity index (χ0) is 13.2. The second-order valence-corrected chi connectivity index (χ2v) is 5.52. The lowest BCUT2D eigenvalue weighted by molar-refractivity contribution is 0.409. The van der Waals surface area contributed by atoms with Gasteiger partial charge in [0.2, 0.25) is 0 Å². The SMILES string of the molecule is CC(C)(C)NCCCn1c(=O)oc2ccccc21. The summed E-state index contributed by atoms with van der Waals surface area (Å²) >= 11 is 0. The van der Waals surface area contributed by atoms with Crippen LogP contribution in [0.3, 0.4) is 0 Å². The van der Waals surface area contributed by atoms with Gasteiger partial charge in [-0.15, -0.1) is 0 Å². The number of fused-ring (bicyclic) bond motifs is 1. The van der Waals surface area contributed by atoms with Crippen molar-refractivity contribution in [2.75, 3.05) is 6.54 Å². The molecule has 4 nitrogen and oxygen atoms in total.